The number of amides is 1. The SMILES string of the molecule is C=C(NC(=O)C[C@@H](C)SC(N)N1CCCC1)c1ccccc1. The first-order chi connectivity index (χ1) is 10.6. The highest BCUT2D eigenvalue weighted by Crippen LogP contribution is 2.23. The van der Waals surface area contributed by atoms with Crippen LogP contribution in [0.1, 0.15) is 31.7 Å². The quantitative estimate of drug-likeness (QED) is 0.759. The van der Waals surface area contributed by atoms with Gasteiger partial charge in [0.05, 0.1) is 0 Å². The Balaban J connectivity index is 1.75. The summed E-state index contributed by atoms with van der Waals surface area (Å²) in [6.45, 7) is 8.11. The number of rotatable bonds is 7. The van der Waals surface area contributed by atoms with Gasteiger partial charge in [-0.05, 0) is 18.4 Å². The lowest BCUT2D eigenvalue weighted by atomic mass is 10.2. The first kappa shape index (κ1) is 17.1. The Labute approximate surface area is 137 Å². The molecule has 1 aromatic rings. The molecule has 1 aromatic carbocycles. The Morgan fingerprint density at radius 2 is 2.00 bits per heavy atom. The van der Waals surface area contributed by atoms with Crippen molar-refractivity contribution < 1.29 is 4.79 Å². The van der Waals surface area contributed by atoms with Crippen LogP contribution in [0.4, 0.5) is 0 Å². The highest BCUT2D eigenvalue weighted by atomic mass is 32.2. The molecule has 1 fully saturated rings. The van der Waals surface area contributed by atoms with Crippen LogP contribution in [0, 0.1) is 0 Å². The number of nitrogens with two attached hydrogens (primary N) is 1. The maximum absolute atomic E-state index is 12.1. The fourth-order valence-corrected chi connectivity index (χ4v) is 3.67. The summed E-state index contributed by atoms with van der Waals surface area (Å²) < 4.78 is 0. The van der Waals surface area contributed by atoms with E-state index >= 15 is 0 Å². The van der Waals surface area contributed by atoms with Crippen molar-refractivity contribution in [1.82, 2.24) is 10.2 Å². The number of benzene rings is 1. The number of carbonyl (C=O) groups is 1. The summed E-state index contributed by atoms with van der Waals surface area (Å²) >= 11 is 1.66. The van der Waals surface area contributed by atoms with Gasteiger partial charge in [0.25, 0.3) is 0 Å². The molecule has 0 saturated carbocycles. The predicted octanol–water partition coefficient (Wildman–Crippen LogP) is 2.62. The van der Waals surface area contributed by atoms with Gasteiger partial charge in [-0.1, -0.05) is 43.8 Å². The zero-order valence-electron chi connectivity index (χ0n) is 13.1. The average Bonchev–Trinajstić information content (AvgIpc) is 3.02. The van der Waals surface area contributed by atoms with Crippen molar-refractivity contribution in [2.45, 2.75) is 36.9 Å². The van der Waals surface area contributed by atoms with Gasteiger partial charge in [0.1, 0.15) is 5.50 Å². The van der Waals surface area contributed by atoms with Gasteiger partial charge in [-0.25, -0.2) is 0 Å². The molecule has 4 nitrogen and oxygen atoms in total. The highest BCUT2D eigenvalue weighted by Gasteiger charge is 2.22. The van der Waals surface area contributed by atoms with Crippen LogP contribution in [0.15, 0.2) is 36.9 Å². The number of hydrogen-bond donors (Lipinski definition) is 2. The Kier molecular flexibility index (Phi) is 6.49. The average molecular weight is 319 g/mol. The van der Waals surface area contributed by atoms with Crippen LogP contribution in [-0.4, -0.2) is 34.6 Å². The lowest BCUT2D eigenvalue weighted by molar-refractivity contribution is -0.119. The second kappa shape index (κ2) is 8.36. The summed E-state index contributed by atoms with van der Waals surface area (Å²) in [7, 11) is 0. The maximum atomic E-state index is 12.1. The number of likely N-dealkylation sites (tertiary alicyclic amines) is 1. The lowest BCUT2D eigenvalue weighted by Crippen LogP contribution is -2.38. The zero-order valence-corrected chi connectivity index (χ0v) is 13.9. The summed E-state index contributed by atoms with van der Waals surface area (Å²) in [6, 6.07) is 9.67. The largest absolute Gasteiger partial charge is 0.326 e. The molecule has 22 heavy (non-hydrogen) atoms. The molecule has 3 N–H and O–H groups in total. The molecule has 1 aliphatic heterocycles. The molecule has 2 atom stereocenters. The minimum atomic E-state index is -0.0116. The van der Waals surface area contributed by atoms with Crippen molar-refractivity contribution in [3.63, 3.8) is 0 Å². The van der Waals surface area contributed by atoms with Crippen molar-refractivity contribution >= 4 is 23.4 Å². The van der Waals surface area contributed by atoms with E-state index in [4.69, 9.17) is 5.73 Å². The van der Waals surface area contributed by atoms with Crippen molar-refractivity contribution in [3.8, 4) is 0 Å². The van der Waals surface area contributed by atoms with Crippen molar-refractivity contribution in [3.05, 3.63) is 42.5 Å². The zero-order chi connectivity index (χ0) is 15.9. The van der Waals surface area contributed by atoms with Gasteiger partial charge in [0.15, 0.2) is 0 Å². The van der Waals surface area contributed by atoms with Crippen LogP contribution >= 0.6 is 11.8 Å². The van der Waals surface area contributed by atoms with Crippen LogP contribution in [0.25, 0.3) is 5.70 Å². The summed E-state index contributed by atoms with van der Waals surface area (Å²) in [4.78, 5) is 14.4. The number of nitrogens with one attached hydrogen (secondary N) is 1. The number of carbonyl (C=O) groups excluding carboxylic acids is 1. The topological polar surface area (TPSA) is 58.4 Å². The van der Waals surface area contributed by atoms with E-state index in [-0.39, 0.29) is 16.7 Å². The number of hydrogen-bond acceptors (Lipinski definition) is 4. The fourth-order valence-electron chi connectivity index (χ4n) is 2.56. The molecular formula is C17H25N3OS. The van der Waals surface area contributed by atoms with Gasteiger partial charge in [0.2, 0.25) is 5.91 Å². The molecule has 1 aliphatic rings. The maximum Gasteiger partial charge on any atom is 0.225 e. The molecule has 2 rings (SSSR count). The van der Waals surface area contributed by atoms with E-state index in [1.807, 2.05) is 37.3 Å². The normalized spacial score (nSPS) is 17.9. The Hall–Kier alpha value is -1.30. The van der Waals surface area contributed by atoms with E-state index in [2.05, 4.69) is 16.8 Å². The third kappa shape index (κ3) is 5.16. The standard InChI is InChI=1S/C17H25N3OS/c1-13(22-17(18)20-10-6-7-11-20)12-16(21)19-14(2)15-8-4-3-5-9-15/h3-5,8-9,13,17H,2,6-7,10-12,18H2,1H3,(H,19,21)/t13-,17?/m1/s1. The smallest absolute Gasteiger partial charge is 0.225 e. The van der Waals surface area contributed by atoms with Gasteiger partial charge in [-0.2, -0.15) is 0 Å². The van der Waals surface area contributed by atoms with Gasteiger partial charge in [0, 0.05) is 30.5 Å². The number of thioether (sulfide) groups is 1. The van der Waals surface area contributed by atoms with E-state index in [1.54, 1.807) is 11.8 Å². The summed E-state index contributed by atoms with van der Waals surface area (Å²) in [5.74, 6) is -0.0116. The summed E-state index contributed by atoms with van der Waals surface area (Å²) in [5.41, 5.74) is 7.76. The van der Waals surface area contributed by atoms with E-state index < -0.39 is 0 Å². The lowest BCUT2D eigenvalue weighted by Gasteiger charge is -2.25. The molecule has 5 heteroatoms. The molecular weight excluding hydrogens is 294 g/mol. The monoisotopic (exact) mass is 319 g/mol. The van der Waals surface area contributed by atoms with Crippen LogP contribution in [0.2, 0.25) is 0 Å². The molecule has 0 radical (unpaired) electrons. The highest BCUT2D eigenvalue weighted by molar-refractivity contribution is 8.00. The Morgan fingerprint density at radius 3 is 2.64 bits per heavy atom. The van der Waals surface area contributed by atoms with Crippen molar-refractivity contribution in [2.24, 2.45) is 5.73 Å². The molecule has 1 amide bonds. The third-order valence-corrected chi connectivity index (χ3v) is 4.97. The minimum Gasteiger partial charge on any atom is -0.326 e. The van der Waals surface area contributed by atoms with Crippen LogP contribution in [0.5, 0.6) is 0 Å². The van der Waals surface area contributed by atoms with Crippen molar-refractivity contribution in [2.75, 3.05) is 13.1 Å². The molecule has 0 spiro atoms. The van der Waals surface area contributed by atoms with Gasteiger partial charge in [-0.3, -0.25) is 9.69 Å². The molecule has 1 unspecified atom stereocenters. The molecule has 0 aromatic heterocycles. The summed E-state index contributed by atoms with van der Waals surface area (Å²) in [6.07, 6.45) is 2.89. The van der Waals surface area contributed by atoms with Crippen molar-refractivity contribution in [1.29, 1.82) is 0 Å². The molecule has 0 bridgehead atoms. The van der Waals surface area contributed by atoms with E-state index in [0.717, 1.165) is 18.7 Å². The van der Waals surface area contributed by atoms with Crippen LogP contribution < -0.4 is 11.1 Å². The second-order valence-corrected chi connectivity index (χ2v) is 7.24. The Morgan fingerprint density at radius 1 is 1.36 bits per heavy atom. The molecule has 1 saturated heterocycles. The second-order valence-electron chi connectivity index (χ2n) is 5.68. The summed E-state index contributed by atoms with van der Waals surface area (Å²) in [5, 5.41) is 3.05. The molecule has 120 valence electrons. The predicted molar refractivity (Wildman–Crippen MR) is 94.1 cm³/mol. The van der Waals surface area contributed by atoms with Crippen LogP contribution in [-0.2, 0) is 4.79 Å². The van der Waals surface area contributed by atoms with Crippen LogP contribution in [0.3, 0.4) is 0 Å². The number of nitrogens with zero attached hydrogens (tertiary/aromatic N) is 1. The van der Waals surface area contributed by atoms with E-state index in [9.17, 15) is 4.79 Å². The first-order valence-corrected chi connectivity index (χ1v) is 8.70. The first-order valence-electron chi connectivity index (χ1n) is 7.75. The van der Waals surface area contributed by atoms with Gasteiger partial charge < -0.3 is 11.1 Å². The molecule has 0 aliphatic carbocycles. The fraction of sp³-hybridized carbons (Fsp3) is 0.471. The minimum absolute atomic E-state index is 0.0115. The Bertz CT molecular complexity index is 500. The van der Waals surface area contributed by atoms with E-state index in [1.165, 1.54) is 12.8 Å². The van der Waals surface area contributed by atoms with Gasteiger partial charge in [-0.15, -0.1) is 11.8 Å². The van der Waals surface area contributed by atoms with E-state index in [0.29, 0.717) is 12.1 Å². The third-order valence-electron chi connectivity index (χ3n) is 3.76. The molecule has 1 heterocycles. The van der Waals surface area contributed by atoms with Gasteiger partial charge >= 0.3 is 0 Å².